The molecule has 29 heavy (non-hydrogen) atoms. The van der Waals surface area contributed by atoms with Crippen molar-refractivity contribution in [2.24, 2.45) is 5.41 Å². The number of rotatable bonds is 8. The van der Waals surface area contributed by atoms with Gasteiger partial charge in [-0.25, -0.2) is 4.79 Å². The lowest BCUT2D eigenvalue weighted by molar-refractivity contribution is -0.131. The van der Waals surface area contributed by atoms with E-state index in [0.29, 0.717) is 0 Å². The Hall–Kier alpha value is -2.61. The molecular weight excluding hydrogens is 356 g/mol. The van der Waals surface area contributed by atoms with Crippen molar-refractivity contribution >= 4 is 5.97 Å². The number of hydrogen-bond donors (Lipinski definition) is 1. The van der Waals surface area contributed by atoms with Crippen LogP contribution in [0.15, 0.2) is 94.7 Å². The molecule has 0 spiro atoms. The Balaban J connectivity index is 2.67. The Morgan fingerprint density at radius 2 is 1.41 bits per heavy atom. The van der Waals surface area contributed by atoms with Crippen molar-refractivity contribution in [3.63, 3.8) is 0 Å². The fourth-order valence-corrected chi connectivity index (χ4v) is 3.36. The van der Waals surface area contributed by atoms with Crippen LogP contribution in [0.5, 0.6) is 0 Å². The molecule has 0 aromatic rings. The van der Waals surface area contributed by atoms with Gasteiger partial charge in [-0.05, 0) is 57.9 Å². The van der Waals surface area contributed by atoms with Gasteiger partial charge in [-0.1, -0.05) is 96.9 Å². The highest BCUT2D eigenvalue weighted by Crippen LogP contribution is 2.40. The lowest BCUT2D eigenvalue weighted by Crippen LogP contribution is -2.19. The van der Waals surface area contributed by atoms with Crippen molar-refractivity contribution in [2.45, 2.75) is 60.8 Å². The highest BCUT2D eigenvalue weighted by atomic mass is 16.4. The van der Waals surface area contributed by atoms with Crippen LogP contribution in [0.2, 0.25) is 0 Å². The Labute approximate surface area is 177 Å². The van der Waals surface area contributed by atoms with E-state index in [2.05, 4.69) is 65.0 Å². The lowest BCUT2D eigenvalue weighted by atomic mass is 9.72. The largest absolute Gasteiger partial charge is 0.478 e. The van der Waals surface area contributed by atoms with E-state index in [1.165, 1.54) is 36.0 Å². The highest BCUT2D eigenvalue weighted by Gasteiger charge is 2.26. The molecule has 0 fully saturated rings. The van der Waals surface area contributed by atoms with Gasteiger partial charge in [0.25, 0.3) is 0 Å². The first kappa shape index (κ1) is 24.4. The van der Waals surface area contributed by atoms with Crippen LogP contribution < -0.4 is 0 Å². The van der Waals surface area contributed by atoms with Crippen LogP contribution in [-0.4, -0.2) is 11.1 Å². The normalized spacial score (nSPS) is 19.4. The molecule has 0 aromatic heterocycles. The molecule has 0 radical (unpaired) electrons. The fourth-order valence-electron chi connectivity index (χ4n) is 3.36. The van der Waals surface area contributed by atoms with Crippen LogP contribution in [0.3, 0.4) is 0 Å². The van der Waals surface area contributed by atoms with Gasteiger partial charge >= 0.3 is 5.97 Å². The van der Waals surface area contributed by atoms with E-state index in [1.807, 2.05) is 31.2 Å². The molecule has 1 aliphatic rings. The monoisotopic (exact) mass is 392 g/mol. The van der Waals surface area contributed by atoms with Gasteiger partial charge in [-0.15, -0.1) is 0 Å². The molecule has 0 heterocycles. The van der Waals surface area contributed by atoms with Crippen molar-refractivity contribution in [1.82, 2.24) is 0 Å². The van der Waals surface area contributed by atoms with Gasteiger partial charge in [0.05, 0.1) is 0 Å². The van der Waals surface area contributed by atoms with E-state index in [9.17, 15) is 4.79 Å². The molecule has 2 nitrogen and oxygen atoms in total. The summed E-state index contributed by atoms with van der Waals surface area (Å²) in [7, 11) is 0. The minimum absolute atomic E-state index is 0.275. The molecule has 1 N–H and O–H groups in total. The van der Waals surface area contributed by atoms with Crippen molar-refractivity contribution < 1.29 is 9.90 Å². The van der Waals surface area contributed by atoms with E-state index >= 15 is 0 Å². The summed E-state index contributed by atoms with van der Waals surface area (Å²) in [6.45, 7) is 13.0. The Bertz CT molecular complexity index is 819. The summed E-state index contributed by atoms with van der Waals surface area (Å²) in [5, 5.41) is 8.60. The van der Waals surface area contributed by atoms with Crippen molar-refractivity contribution in [2.75, 3.05) is 0 Å². The summed E-state index contributed by atoms with van der Waals surface area (Å²) in [6.07, 6.45) is 25.1. The van der Waals surface area contributed by atoms with Crippen LogP contribution in [0, 0.1) is 5.41 Å². The summed E-state index contributed by atoms with van der Waals surface area (Å²) >= 11 is 0. The first-order chi connectivity index (χ1) is 13.6. The van der Waals surface area contributed by atoms with Crippen LogP contribution >= 0.6 is 0 Å². The Morgan fingerprint density at radius 1 is 0.862 bits per heavy atom. The summed E-state index contributed by atoms with van der Waals surface area (Å²) in [4.78, 5) is 10.5. The third kappa shape index (κ3) is 9.94. The number of carboxylic acid groups (broad SMARTS) is 1. The standard InChI is InChI=1S/C27H36O2/c1-21(11-7-8-12-22(2)17-19-26(28)29)13-9-14-23(3)16-18-25-24(4)15-10-20-27(25,5)6/h7-9,11-14,16-19H,10,15,20H2,1-6H3,(H,28,29). The Morgan fingerprint density at radius 3 is 2.00 bits per heavy atom. The topological polar surface area (TPSA) is 37.3 Å². The maximum absolute atomic E-state index is 10.5. The average molecular weight is 393 g/mol. The summed E-state index contributed by atoms with van der Waals surface area (Å²) in [6, 6.07) is 0. The molecular formula is C27H36O2. The fraction of sp³-hybridized carbons (Fsp3) is 0.370. The maximum Gasteiger partial charge on any atom is 0.328 e. The van der Waals surface area contributed by atoms with Crippen LogP contribution in [0.4, 0.5) is 0 Å². The third-order valence-corrected chi connectivity index (χ3v) is 5.09. The SMILES string of the molecule is CC(C=CC=C(C)C=CC1=C(C)CCCC1(C)C)=CC=CC=C(C)C=CC(=O)O. The molecule has 1 aliphatic carbocycles. The molecule has 0 bridgehead atoms. The van der Waals surface area contributed by atoms with Gasteiger partial charge in [-0.3, -0.25) is 0 Å². The van der Waals surface area contributed by atoms with E-state index in [0.717, 1.165) is 17.2 Å². The van der Waals surface area contributed by atoms with Crippen LogP contribution in [0.1, 0.15) is 60.8 Å². The minimum atomic E-state index is -0.935. The predicted molar refractivity (Wildman–Crippen MR) is 126 cm³/mol. The molecule has 0 unspecified atom stereocenters. The second kappa shape index (κ2) is 12.1. The molecule has 0 saturated carbocycles. The quantitative estimate of drug-likeness (QED) is 0.340. The number of hydrogen-bond acceptors (Lipinski definition) is 1. The lowest BCUT2D eigenvalue weighted by Gasteiger charge is -2.32. The highest BCUT2D eigenvalue weighted by molar-refractivity contribution is 5.80. The van der Waals surface area contributed by atoms with Gasteiger partial charge in [0.2, 0.25) is 0 Å². The zero-order chi connectivity index (χ0) is 21.9. The minimum Gasteiger partial charge on any atom is -0.478 e. The number of carbonyl (C=O) groups is 1. The van der Waals surface area contributed by atoms with Crippen LogP contribution in [-0.2, 0) is 4.79 Å². The summed E-state index contributed by atoms with van der Waals surface area (Å²) < 4.78 is 0. The maximum atomic E-state index is 10.5. The van der Waals surface area contributed by atoms with Crippen LogP contribution in [0.25, 0.3) is 0 Å². The van der Waals surface area contributed by atoms with Gasteiger partial charge in [0, 0.05) is 6.08 Å². The van der Waals surface area contributed by atoms with E-state index in [4.69, 9.17) is 5.11 Å². The van der Waals surface area contributed by atoms with Gasteiger partial charge in [-0.2, -0.15) is 0 Å². The Kier molecular flexibility index (Phi) is 10.2. The third-order valence-electron chi connectivity index (χ3n) is 5.09. The van der Waals surface area contributed by atoms with Crippen molar-refractivity contribution in [3.05, 3.63) is 94.7 Å². The molecule has 0 amide bonds. The second-order valence-electron chi connectivity index (χ2n) is 8.41. The first-order valence-electron chi connectivity index (χ1n) is 10.3. The number of aliphatic carboxylic acids is 1. The van der Waals surface area contributed by atoms with Crippen molar-refractivity contribution in [1.29, 1.82) is 0 Å². The number of allylic oxidation sites excluding steroid dienone is 15. The molecule has 2 heteroatoms. The van der Waals surface area contributed by atoms with E-state index in [-0.39, 0.29) is 5.41 Å². The predicted octanol–water partition coefficient (Wildman–Crippen LogP) is 7.66. The molecule has 0 atom stereocenters. The first-order valence-corrected chi connectivity index (χ1v) is 10.3. The van der Waals surface area contributed by atoms with Gasteiger partial charge < -0.3 is 5.11 Å². The van der Waals surface area contributed by atoms with E-state index in [1.54, 1.807) is 6.08 Å². The summed E-state index contributed by atoms with van der Waals surface area (Å²) in [5.74, 6) is -0.935. The number of carboxylic acids is 1. The zero-order valence-electron chi connectivity index (χ0n) is 18.8. The van der Waals surface area contributed by atoms with E-state index < -0.39 is 5.97 Å². The van der Waals surface area contributed by atoms with Gasteiger partial charge in [0.15, 0.2) is 0 Å². The smallest absolute Gasteiger partial charge is 0.328 e. The molecule has 0 saturated heterocycles. The molecule has 1 rings (SSSR count). The zero-order valence-corrected chi connectivity index (χ0v) is 18.8. The second-order valence-corrected chi connectivity index (χ2v) is 8.41. The molecule has 0 aliphatic heterocycles. The van der Waals surface area contributed by atoms with Gasteiger partial charge in [0.1, 0.15) is 0 Å². The van der Waals surface area contributed by atoms with Crippen molar-refractivity contribution in [3.8, 4) is 0 Å². The molecule has 156 valence electrons. The molecule has 0 aromatic carbocycles. The summed E-state index contributed by atoms with van der Waals surface area (Å²) in [5.41, 5.74) is 6.56. The average Bonchev–Trinajstić information content (AvgIpc) is 2.62.